The zero-order valence-electron chi connectivity index (χ0n) is 12.2. The molecule has 1 N–H and O–H groups in total. The van der Waals surface area contributed by atoms with Gasteiger partial charge in [-0.3, -0.25) is 9.69 Å². The van der Waals surface area contributed by atoms with E-state index >= 15 is 0 Å². The van der Waals surface area contributed by atoms with Crippen molar-refractivity contribution in [3.63, 3.8) is 0 Å². The van der Waals surface area contributed by atoms with Crippen LogP contribution in [-0.4, -0.2) is 34.6 Å². The highest BCUT2D eigenvalue weighted by Crippen LogP contribution is 2.13. The highest BCUT2D eigenvalue weighted by atomic mass is 16.4. The van der Waals surface area contributed by atoms with Gasteiger partial charge in [-0.15, -0.1) is 0 Å². The molecule has 1 rings (SSSR count). The van der Waals surface area contributed by atoms with Crippen molar-refractivity contribution in [2.45, 2.75) is 52.1 Å². The van der Waals surface area contributed by atoms with Crippen LogP contribution in [0.1, 0.15) is 39.2 Å². The molecule has 0 heterocycles. The van der Waals surface area contributed by atoms with Gasteiger partial charge in [-0.1, -0.05) is 30.3 Å². The Hall–Kier alpha value is -1.35. The van der Waals surface area contributed by atoms with Crippen LogP contribution >= 0.6 is 0 Å². The SMILES string of the molecule is CC(C)N(CCC(=O)O)C(C)CCc1ccccc1. The van der Waals surface area contributed by atoms with Crippen molar-refractivity contribution < 1.29 is 9.90 Å². The summed E-state index contributed by atoms with van der Waals surface area (Å²) in [6.45, 7) is 7.06. The van der Waals surface area contributed by atoms with Gasteiger partial charge in [0.05, 0.1) is 6.42 Å². The molecule has 0 fully saturated rings. The second-order valence-corrected chi connectivity index (χ2v) is 5.35. The van der Waals surface area contributed by atoms with E-state index in [2.05, 4.69) is 49.9 Å². The summed E-state index contributed by atoms with van der Waals surface area (Å²) in [5.41, 5.74) is 1.34. The molecule has 0 aliphatic heterocycles. The van der Waals surface area contributed by atoms with E-state index in [0.717, 1.165) is 12.8 Å². The van der Waals surface area contributed by atoms with Crippen molar-refractivity contribution in [2.75, 3.05) is 6.54 Å². The number of carbonyl (C=O) groups is 1. The molecule has 1 aromatic rings. The van der Waals surface area contributed by atoms with Crippen LogP contribution in [0.5, 0.6) is 0 Å². The second-order valence-electron chi connectivity index (χ2n) is 5.35. The Morgan fingerprint density at radius 3 is 2.37 bits per heavy atom. The summed E-state index contributed by atoms with van der Waals surface area (Å²) in [5.74, 6) is -0.721. The van der Waals surface area contributed by atoms with Crippen molar-refractivity contribution in [3.05, 3.63) is 35.9 Å². The fraction of sp³-hybridized carbons (Fsp3) is 0.562. The molecule has 0 amide bonds. The minimum atomic E-state index is -0.721. The normalized spacial score (nSPS) is 12.9. The third kappa shape index (κ3) is 5.88. The standard InChI is InChI=1S/C16H25NO2/c1-13(2)17(12-11-16(18)19)14(3)9-10-15-7-5-4-6-8-15/h4-8,13-14H,9-12H2,1-3H3,(H,18,19). The molecule has 0 spiro atoms. The van der Waals surface area contributed by atoms with E-state index in [1.54, 1.807) is 0 Å². The van der Waals surface area contributed by atoms with Gasteiger partial charge >= 0.3 is 5.97 Å². The van der Waals surface area contributed by atoms with Gasteiger partial charge in [-0.2, -0.15) is 0 Å². The van der Waals surface area contributed by atoms with E-state index in [-0.39, 0.29) is 6.42 Å². The van der Waals surface area contributed by atoms with E-state index in [4.69, 9.17) is 5.11 Å². The number of rotatable bonds is 8. The molecule has 106 valence electrons. The van der Waals surface area contributed by atoms with E-state index in [1.165, 1.54) is 5.56 Å². The molecule has 0 saturated heterocycles. The van der Waals surface area contributed by atoms with E-state index in [1.807, 2.05) is 6.07 Å². The lowest BCUT2D eigenvalue weighted by molar-refractivity contribution is -0.137. The molecule has 0 aromatic heterocycles. The molecular weight excluding hydrogens is 238 g/mol. The number of hydrogen-bond acceptors (Lipinski definition) is 2. The molecule has 1 atom stereocenters. The molecule has 0 saturated carbocycles. The Bertz CT molecular complexity index is 376. The van der Waals surface area contributed by atoms with Crippen LogP contribution in [0.3, 0.4) is 0 Å². The van der Waals surface area contributed by atoms with Crippen molar-refractivity contribution in [3.8, 4) is 0 Å². The van der Waals surface area contributed by atoms with Crippen LogP contribution in [-0.2, 0) is 11.2 Å². The van der Waals surface area contributed by atoms with Crippen molar-refractivity contribution in [1.82, 2.24) is 4.90 Å². The van der Waals surface area contributed by atoms with E-state index in [0.29, 0.717) is 18.6 Å². The number of aryl methyl sites for hydroxylation is 1. The van der Waals surface area contributed by atoms with Gasteiger partial charge in [0.2, 0.25) is 0 Å². The van der Waals surface area contributed by atoms with Crippen molar-refractivity contribution >= 4 is 5.97 Å². The third-order valence-corrected chi connectivity index (χ3v) is 3.51. The number of carboxylic acids is 1. The number of carboxylic acid groups (broad SMARTS) is 1. The number of nitrogens with zero attached hydrogens (tertiary/aromatic N) is 1. The van der Waals surface area contributed by atoms with Crippen LogP contribution < -0.4 is 0 Å². The van der Waals surface area contributed by atoms with Crippen LogP contribution in [0, 0.1) is 0 Å². The molecule has 1 aromatic carbocycles. The summed E-state index contributed by atoms with van der Waals surface area (Å²) in [7, 11) is 0. The summed E-state index contributed by atoms with van der Waals surface area (Å²) in [4.78, 5) is 13.0. The first kappa shape index (κ1) is 15.7. The van der Waals surface area contributed by atoms with Gasteiger partial charge in [-0.05, 0) is 39.2 Å². The number of benzene rings is 1. The summed E-state index contributed by atoms with van der Waals surface area (Å²) < 4.78 is 0. The van der Waals surface area contributed by atoms with Gasteiger partial charge in [0, 0.05) is 18.6 Å². The third-order valence-electron chi connectivity index (χ3n) is 3.51. The monoisotopic (exact) mass is 263 g/mol. The Balaban J connectivity index is 2.47. The largest absolute Gasteiger partial charge is 0.481 e. The minimum absolute atomic E-state index is 0.216. The zero-order valence-corrected chi connectivity index (χ0v) is 12.2. The first-order valence-electron chi connectivity index (χ1n) is 7.02. The van der Waals surface area contributed by atoms with Crippen LogP contribution in [0.15, 0.2) is 30.3 Å². The summed E-state index contributed by atoms with van der Waals surface area (Å²) in [6, 6.07) is 11.2. The average molecular weight is 263 g/mol. The summed E-state index contributed by atoms with van der Waals surface area (Å²) in [6.07, 6.45) is 2.31. The quantitative estimate of drug-likeness (QED) is 0.783. The lowest BCUT2D eigenvalue weighted by Crippen LogP contribution is -2.40. The van der Waals surface area contributed by atoms with Gasteiger partial charge < -0.3 is 5.11 Å². The average Bonchev–Trinajstić information content (AvgIpc) is 2.37. The number of hydrogen-bond donors (Lipinski definition) is 1. The van der Waals surface area contributed by atoms with Gasteiger partial charge in [0.25, 0.3) is 0 Å². The van der Waals surface area contributed by atoms with Crippen LogP contribution in [0.25, 0.3) is 0 Å². The molecule has 3 heteroatoms. The fourth-order valence-corrected chi connectivity index (χ4v) is 2.40. The van der Waals surface area contributed by atoms with Gasteiger partial charge in [-0.25, -0.2) is 0 Å². The van der Waals surface area contributed by atoms with Crippen LogP contribution in [0.2, 0.25) is 0 Å². The summed E-state index contributed by atoms with van der Waals surface area (Å²) >= 11 is 0. The molecule has 3 nitrogen and oxygen atoms in total. The fourth-order valence-electron chi connectivity index (χ4n) is 2.40. The maximum atomic E-state index is 10.7. The Morgan fingerprint density at radius 1 is 1.21 bits per heavy atom. The molecule has 0 bridgehead atoms. The minimum Gasteiger partial charge on any atom is -0.481 e. The second kappa shape index (κ2) is 7.95. The Labute approximate surface area is 116 Å². The van der Waals surface area contributed by atoms with E-state index < -0.39 is 5.97 Å². The first-order chi connectivity index (χ1) is 9.00. The molecule has 19 heavy (non-hydrogen) atoms. The Kier molecular flexibility index (Phi) is 6.57. The maximum absolute atomic E-state index is 10.7. The molecule has 0 aliphatic rings. The van der Waals surface area contributed by atoms with Crippen LogP contribution in [0.4, 0.5) is 0 Å². The maximum Gasteiger partial charge on any atom is 0.304 e. The predicted octanol–water partition coefficient (Wildman–Crippen LogP) is 3.19. The summed E-state index contributed by atoms with van der Waals surface area (Å²) in [5, 5.41) is 8.81. The van der Waals surface area contributed by atoms with E-state index in [9.17, 15) is 4.79 Å². The lowest BCUT2D eigenvalue weighted by Gasteiger charge is -2.32. The highest BCUT2D eigenvalue weighted by molar-refractivity contribution is 5.66. The lowest BCUT2D eigenvalue weighted by atomic mass is 10.0. The Morgan fingerprint density at radius 2 is 1.84 bits per heavy atom. The molecule has 0 aliphatic carbocycles. The smallest absolute Gasteiger partial charge is 0.304 e. The zero-order chi connectivity index (χ0) is 14.3. The van der Waals surface area contributed by atoms with Gasteiger partial charge in [0.15, 0.2) is 0 Å². The predicted molar refractivity (Wildman–Crippen MR) is 78.3 cm³/mol. The highest BCUT2D eigenvalue weighted by Gasteiger charge is 2.17. The number of aliphatic carboxylic acids is 1. The van der Waals surface area contributed by atoms with Crippen molar-refractivity contribution in [2.24, 2.45) is 0 Å². The van der Waals surface area contributed by atoms with Crippen molar-refractivity contribution in [1.29, 1.82) is 0 Å². The molecule has 0 radical (unpaired) electrons. The topological polar surface area (TPSA) is 40.5 Å². The van der Waals surface area contributed by atoms with Gasteiger partial charge in [0.1, 0.15) is 0 Å². The first-order valence-corrected chi connectivity index (χ1v) is 7.02. The molecular formula is C16H25NO2. The molecule has 1 unspecified atom stereocenters.